The van der Waals surface area contributed by atoms with Crippen LogP contribution in [0.25, 0.3) is 0 Å². The maximum absolute atomic E-state index is 13.7. The van der Waals surface area contributed by atoms with E-state index in [0.717, 1.165) is 5.56 Å². The lowest BCUT2D eigenvalue weighted by atomic mass is 10.0. The van der Waals surface area contributed by atoms with Crippen LogP contribution in [0.5, 0.6) is 11.5 Å². The Bertz CT molecular complexity index is 717. The molecule has 0 saturated heterocycles. The molecule has 0 fully saturated rings. The first-order valence-electron chi connectivity index (χ1n) is 6.66. The normalized spacial score (nSPS) is 11.8. The summed E-state index contributed by atoms with van der Waals surface area (Å²) in [6.45, 7) is 5.33. The summed E-state index contributed by atoms with van der Waals surface area (Å²) in [4.78, 5) is 0. The molecule has 0 aliphatic carbocycles. The molecule has 1 atom stereocenters. The van der Waals surface area contributed by atoms with Gasteiger partial charge in [-0.15, -0.1) is 0 Å². The molecule has 2 aromatic rings. The van der Waals surface area contributed by atoms with Crippen LogP contribution in [0.3, 0.4) is 0 Å². The molecule has 4 heteroatoms. The van der Waals surface area contributed by atoms with Crippen LogP contribution in [0.15, 0.2) is 30.3 Å². The number of rotatable bonds is 3. The highest BCUT2D eigenvalue weighted by molar-refractivity contribution is 5.47. The van der Waals surface area contributed by atoms with Gasteiger partial charge in [0.05, 0.1) is 11.6 Å². The maximum atomic E-state index is 13.7. The van der Waals surface area contributed by atoms with E-state index in [1.807, 2.05) is 13.0 Å². The van der Waals surface area contributed by atoms with Gasteiger partial charge in [0.2, 0.25) is 0 Å². The van der Waals surface area contributed by atoms with E-state index in [4.69, 9.17) is 15.7 Å². The van der Waals surface area contributed by atoms with E-state index in [1.165, 1.54) is 6.07 Å². The topological polar surface area (TPSA) is 59.0 Å². The first kappa shape index (κ1) is 15.0. The van der Waals surface area contributed by atoms with Crippen LogP contribution in [0.1, 0.15) is 35.2 Å². The van der Waals surface area contributed by atoms with E-state index in [9.17, 15) is 4.39 Å². The molecule has 0 aliphatic heterocycles. The van der Waals surface area contributed by atoms with Crippen LogP contribution in [0.4, 0.5) is 4.39 Å². The zero-order valence-corrected chi connectivity index (χ0v) is 12.3. The molecule has 3 nitrogen and oxygen atoms in total. The SMILES string of the molecule is Cc1cc(Oc2cc(C#N)ccc2C)c([C@@H](C)N)cc1F. The number of nitrogens with zero attached hydrogens (tertiary/aromatic N) is 1. The summed E-state index contributed by atoms with van der Waals surface area (Å²) in [5, 5.41) is 8.97. The third-order valence-electron chi connectivity index (χ3n) is 3.32. The second-order valence-electron chi connectivity index (χ2n) is 5.12. The van der Waals surface area contributed by atoms with Crippen LogP contribution >= 0.6 is 0 Å². The molecule has 0 saturated carbocycles. The van der Waals surface area contributed by atoms with Crippen molar-refractivity contribution in [1.82, 2.24) is 0 Å². The van der Waals surface area contributed by atoms with Crippen molar-refractivity contribution in [3.05, 3.63) is 58.4 Å². The van der Waals surface area contributed by atoms with Crippen molar-refractivity contribution in [3.8, 4) is 17.6 Å². The van der Waals surface area contributed by atoms with Gasteiger partial charge in [-0.05, 0) is 56.2 Å². The number of nitrogens with two attached hydrogens (primary N) is 1. The zero-order valence-electron chi connectivity index (χ0n) is 12.3. The Labute approximate surface area is 123 Å². The lowest BCUT2D eigenvalue weighted by molar-refractivity contribution is 0.464. The summed E-state index contributed by atoms with van der Waals surface area (Å²) in [6, 6.07) is 9.96. The summed E-state index contributed by atoms with van der Waals surface area (Å²) in [5.41, 5.74) is 8.37. The molecule has 0 heterocycles. The highest BCUT2D eigenvalue weighted by Gasteiger charge is 2.14. The van der Waals surface area contributed by atoms with E-state index in [2.05, 4.69) is 6.07 Å². The monoisotopic (exact) mass is 284 g/mol. The molecule has 108 valence electrons. The standard InChI is InChI=1S/C17H17FN2O/c1-10-4-5-13(9-19)7-16(10)21-17-6-11(2)15(18)8-14(17)12(3)20/h4-8,12H,20H2,1-3H3/t12-/m1/s1. The first-order chi connectivity index (χ1) is 9.92. The van der Waals surface area contributed by atoms with E-state index >= 15 is 0 Å². The Hall–Kier alpha value is -2.38. The van der Waals surface area contributed by atoms with Gasteiger partial charge >= 0.3 is 0 Å². The van der Waals surface area contributed by atoms with E-state index in [0.29, 0.717) is 28.2 Å². The van der Waals surface area contributed by atoms with Crippen LogP contribution < -0.4 is 10.5 Å². The molecule has 2 rings (SSSR count). The Morgan fingerprint density at radius 2 is 1.86 bits per heavy atom. The quantitative estimate of drug-likeness (QED) is 0.922. The summed E-state index contributed by atoms with van der Waals surface area (Å²) in [7, 11) is 0. The fourth-order valence-electron chi connectivity index (χ4n) is 2.01. The van der Waals surface area contributed by atoms with E-state index in [1.54, 1.807) is 32.0 Å². The Morgan fingerprint density at radius 1 is 1.14 bits per heavy atom. The van der Waals surface area contributed by atoms with Gasteiger partial charge in [-0.1, -0.05) is 6.07 Å². The summed E-state index contributed by atoms with van der Waals surface area (Å²) < 4.78 is 19.6. The molecular formula is C17H17FN2O. The third kappa shape index (κ3) is 3.21. The van der Waals surface area contributed by atoms with Crippen LogP contribution in [0.2, 0.25) is 0 Å². The number of ether oxygens (including phenoxy) is 1. The highest BCUT2D eigenvalue weighted by atomic mass is 19.1. The Balaban J connectivity index is 2.49. The molecule has 0 radical (unpaired) electrons. The van der Waals surface area contributed by atoms with Crippen LogP contribution in [0, 0.1) is 31.0 Å². The molecule has 0 bridgehead atoms. The second kappa shape index (κ2) is 5.94. The zero-order chi connectivity index (χ0) is 15.6. The van der Waals surface area contributed by atoms with Gasteiger partial charge in [0.25, 0.3) is 0 Å². The van der Waals surface area contributed by atoms with Gasteiger partial charge in [-0.2, -0.15) is 5.26 Å². The number of nitriles is 1. The number of halogens is 1. The van der Waals surface area contributed by atoms with Gasteiger partial charge in [-0.3, -0.25) is 0 Å². The van der Waals surface area contributed by atoms with Gasteiger partial charge in [0.1, 0.15) is 17.3 Å². The highest BCUT2D eigenvalue weighted by Crippen LogP contribution is 2.33. The van der Waals surface area contributed by atoms with Crippen molar-refractivity contribution >= 4 is 0 Å². The van der Waals surface area contributed by atoms with E-state index < -0.39 is 0 Å². The number of hydrogen-bond acceptors (Lipinski definition) is 3. The predicted molar refractivity (Wildman–Crippen MR) is 79.7 cm³/mol. The largest absolute Gasteiger partial charge is 0.457 e. The molecule has 2 N–H and O–H groups in total. The van der Waals surface area contributed by atoms with Crippen molar-refractivity contribution < 1.29 is 9.13 Å². The molecule has 0 aromatic heterocycles. The first-order valence-corrected chi connectivity index (χ1v) is 6.66. The fourth-order valence-corrected chi connectivity index (χ4v) is 2.01. The van der Waals surface area contributed by atoms with Crippen LogP contribution in [-0.4, -0.2) is 0 Å². The minimum atomic E-state index is -0.352. The summed E-state index contributed by atoms with van der Waals surface area (Å²) in [6.07, 6.45) is 0. The minimum absolute atomic E-state index is 0.308. The Kier molecular flexibility index (Phi) is 4.25. The van der Waals surface area contributed by atoms with E-state index in [-0.39, 0.29) is 11.9 Å². The predicted octanol–water partition coefficient (Wildman–Crippen LogP) is 4.13. The summed E-state index contributed by atoms with van der Waals surface area (Å²) in [5.74, 6) is 0.779. The molecular weight excluding hydrogens is 267 g/mol. The minimum Gasteiger partial charge on any atom is -0.457 e. The van der Waals surface area contributed by atoms with Crippen molar-refractivity contribution in [2.24, 2.45) is 5.73 Å². The second-order valence-corrected chi connectivity index (χ2v) is 5.12. The van der Waals surface area contributed by atoms with Gasteiger partial charge in [-0.25, -0.2) is 4.39 Å². The fraction of sp³-hybridized carbons (Fsp3) is 0.235. The lowest BCUT2D eigenvalue weighted by Gasteiger charge is -2.16. The molecule has 0 spiro atoms. The van der Waals surface area contributed by atoms with Gasteiger partial charge < -0.3 is 10.5 Å². The van der Waals surface area contributed by atoms with Crippen molar-refractivity contribution in [1.29, 1.82) is 5.26 Å². The van der Waals surface area contributed by atoms with Crippen LogP contribution in [-0.2, 0) is 0 Å². The molecule has 21 heavy (non-hydrogen) atoms. The molecule has 0 amide bonds. The lowest BCUT2D eigenvalue weighted by Crippen LogP contribution is -2.08. The summed E-state index contributed by atoms with van der Waals surface area (Å²) >= 11 is 0. The molecule has 2 aromatic carbocycles. The van der Waals surface area contributed by atoms with Gasteiger partial charge in [0, 0.05) is 11.6 Å². The Morgan fingerprint density at radius 3 is 2.48 bits per heavy atom. The van der Waals surface area contributed by atoms with Crippen molar-refractivity contribution in [2.75, 3.05) is 0 Å². The average Bonchev–Trinajstić information content (AvgIpc) is 2.44. The van der Waals surface area contributed by atoms with Crippen molar-refractivity contribution in [3.63, 3.8) is 0 Å². The average molecular weight is 284 g/mol. The third-order valence-corrected chi connectivity index (χ3v) is 3.32. The van der Waals surface area contributed by atoms with Gasteiger partial charge in [0.15, 0.2) is 0 Å². The number of hydrogen-bond donors (Lipinski definition) is 1. The molecule has 0 unspecified atom stereocenters. The number of aryl methyl sites for hydroxylation is 2. The smallest absolute Gasteiger partial charge is 0.132 e. The number of benzene rings is 2. The maximum Gasteiger partial charge on any atom is 0.132 e. The van der Waals surface area contributed by atoms with Crippen molar-refractivity contribution in [2.45, 2.75) is 26.8 Å². The molecule has 0 aliphatic rings.